The van der Waals surface area contributed by atoms with Crippen LogP contribution in [0.5, 0.6) is 0 Å². The number of carbonyl (C=O) groups is 2. The molecule has 4 nitrogen and oxygen atoms in total. The van der Waals surface area contributed by atoms with Crippen LogP contribution in [-0.2, 0) is 9.59 Å². The van der Waals surface area contributed by atoms with Crippen LogP contribution in [-0.4, -0.2) is 23.5 Å². The maximum atomic E-state index is 11.7. The summed E-state index contributed by atoms with van der Waals surface area (Å²) in [6.07, 6.45) is 0.293. The molecule has 0 fully saturated rings. The molecule has 0 aromatic heterocycles. The van der Waals surface area contributed by atoms with Gasteiger partial charge in [-0.1, -0.05) is 25.1 Å². The van der Waals surface area contributed by atoms with Crippen LogP contribution in [0, 0.1) is 6.92 Å². The van der Waals surface area contributed by atoms with E-state index in [0.29, 0.717) is 12.1 Å². The molecule has 0 aliphatic heterocycles. The van der Waals surface area contributed by atoms with Crippen LogP contribution in [0.4, 0.5) is 5.69 Å². The van der Waals surface area contributed by atoms with E-state index in [4.69, 9.17) is 5.11 Å². The summed E-state index contributed by atoms with van der Waals surface area (Å²) in [6, 6.07) is 7.26. The quantitative estimate of drug-likeness (QED) is 0.843. The van der Waals surface area contributed by atoms with E-state index in [1.54, 1.807) is 19.1 Å². The first-order valence-corrected chi connectivity index (χ1v) is 5.14. The van der Waals surface area contributed by atoms with E-state index >= 15 is 0 Å². The van der Waals surface area contributed by atoms with Gasteiger partial charge in [-0.2, -0.15) is 0 Å². The van der Waals surface area contributed by atoms with Gasteiger partial charge in [0.1, 0.15) is 6.54 Å². The van der Waals surface area contributed by atoms with Gasteiger partial charge in [-0.15, -0.1) is 0 Å². The number of benzene rings is 1. The number of aliphatic carboxylic acids is 1. The Balaban J connectivity index is 3.06. The van der Waals surface area contributed by atoms with Crippen LogP contribution in [0.25, 0.3) is 0 Å². The summed E-state index contributed by atoms with van der Waals surface area (Å²) in [5, 5.41) is 8.79. The third-order valence-corrected chi connectivity index (χ3v) is 2.30. The third kappa shape index (κ3) is 2.82. The molecule has 0 atom stereocenters. The van der Waals surface area contributed by atoms with Gasteiger partial charge in [0.15, 0.2) is 0 Å². The Morgan fingerprint density at radius 1 is 1.31 bits per heavy atom. The number of amides is 1. The van der Waals surface area contributed by atoms with Crippen molar-refractivity contribution in [3.63, 3.8) is 0 Å². The normalized spacial score (nSPS) is 9.88. The van der Waals surface area contributed by atoms with Gasteiger partial charge in [0, 0.05) is 12.1 Å². The molecular weight excluding hydrogens is 206 g/mol. The molecule has 1 rings (SSSR count). The Morgan fingerprint density at radius 2 is 1.94 bits per heavy atom. The average molecular weight is 221 g/mol. The van der Waals surface area contributed by atoms with E-state index in [0.717, 1.165) is 5.56 Å². The second kappa shape index (κ2) is 5.30. The summed E-state index contributed by atoms with van der Waals surface area (Å²) in [7, 11) is 0. The smallest absolute Gasteiger partial charge is 0.323 e. The number of para-hydroxylation sites is 1. The van der Waals surface area contributed by atoms with Crippen LogP contribution in [0.15, 0.2) is 24.3 Å². The molecule has 0 saturated heterocycles. The van der Waals surface area contributed by atoms with Crippen molar-refractivity contribution in [2.45, 2.75) is 20.3 Å². The Hall–Kier alpha value is -1.84. The number of aryl methyl sites for hydroxylation is 1. The molecule has 0 unspecified atom stereocenters. The fraction of sp³-hybridized carbons (Fsp3) is 0.333. The zero-order valence-corrected chi connectivity index (χ0v) is 9.43. The van der Waals surface area contributed by atoms with E-state index in [1.165, 1.54) is 4.90 Å². The first-order chi connectivity index (χ1) is 7.56. The Morgan fingerprint density at radius 3 is 2.44 bits per heavy atom. The molecule has 86 valence electrons. The van der Waals surface area contributed by atoms with Gasteiger partial charge in [0.05, 0.1) is 0 Å². The molecule has 0 bridgehead atoms. The van der Waals surface area contributed by atoms with E-state index < -0.39 is 5.97 Å². The summed E-state index contributed by atoms with van der Waals surface area (Å²) in [6.45, 7) is 3.28. The topological polar surface area (TPSA) is 57.6 Å². The van der Waals surface area contributed by atoms with Crippen molar-refractivity contribution in [2.24, 2.45) is 0 Å². The highest BCUT2D eigenvalue weighted by Gasteiger charge is 2.18. The van der Waals surface area contributed by atoms with Gasteiger partial charge in [0.2, 0.25) is 5.91 Å². The largest absolute Gasteiger partial charge is 0.480 e. The number of carboxylic acids is 1. The molecular formula is C12H15NO3. The van der Waals surface area contributed by atoms with Crippen molar-refractivity contribution < 1.29 is 14.7 Å². The minimum absolute atomic E-state index is 0.184. The van der Waals surface area contributed by atoms with Crippen molar-refractivity contribution in [3.05, 3.63) is 29.8 Å². The average Bonchev–Trinajstić information content (AvgIpc) is 2.26. The van der Waals surface area contributed by atoms with Crippen molar-refractivity contribution in [1.29, 1.82) is 0 Å². The third-order valence-electron chi connectivity index (χ3n) is 2.30. The molecule has 1 aromatic rings. The second-order valence-electron chi connectivity index (χ2n) is 3.51. The number of nitrogens with zero attached hydrogens (tertiary/aromatic N) is 1. The highest BCUT2D eigenvalue weighted by Crippen LogP contribution is 2.19. The lowest BCUT2D eigenvalue weighted by atomic mass is 10.1. The standard InChI is InChI=1S/C12H15NO3/c1-3-11(14)13(8-12(15)16)10-7-5-4-6-9(10)2/h4-7H,3,8H2,1-2H3,(H,15,16). The Bertz CT molecular complexity index is 401. The fourth-order valence-corrected chi connectivity index (χ4v) is 1.50. The maximum absolute atomic E-state index is 11.7. The number of rotatable bonds is 4. The van der Waals surface area contributed by atoms with Gasteiger partial charge in [-0.25, -0.2) is 0 Å². The molecule has 0 heterocycles. The maximum Gasteiger partial charge on any atom is 0.323 e. The lowest BCUT2D eigenvalue weighted by Gasteiger charge is -2.22. The summed E-state index contributed by atoms with van der Waals surface area (Å²) in [5.74, 6) is -1.19. The van der Waals surface area contributed by atoms with Crippen LogP contribution in [0.1, 0.15) is 18.9 Å². The number of anilines is 1. The summed E-state index contributed by atoms with van der Waals surface area (Å²) in [4.78, 5) is 23.7. The van der Waals surface area contributed by atoms with Crippen molar-refractivity contribution in [1.82, 2.24) is 0 Å². The Kier molecular flexibility index (Phi) is 4.05. The van der Waals surface area contributed by atoms with Gasteiger partial charge in [0.25, 0.3) is 0 Å². The molecule has 0 radical (unpaired) electrons. The highest BCUT2D eigenvalue weighted by molar-refractivity contribution is 5.97. The zero-order chi connectivity index (χ0) is 12.1. The van der Waals surface area contributed by atoms with E-state index in [1.807, 2.05) is 19.1 Å². The Labute approximate surface area is 94.5 Å². The van der Waals surface area contributed by atoms with Crippen LogP contribution < -0.4 is 4.90 Å². The predicted octanol–water partition coefficient (Wildman–Crippen LogP) is 1.82. The monoisotopic (exact) mass is 221 g/mol. The van der Waals surface area contributed by atoms with E-state index in [-0.39, 0.29) is 12.5 Å². The molecule has 1 N–H and O–H groups in total. The lowest BCUT2D eigenvalue weighted by molar-refractivity contribution is -0.136. The fourth-order valence-electron chi connectivity index (χ4n) is 1.50. The predicted molar refractivity (Wildman–Crippen MR) is 61.5 cm³/mol. The number of hydrogen-bond donors (Lipinski definition) is 1. The van der Waals surface area contributed by atoms with Crippen molar-refractivity contribution in [3.8, 4) is 0 Å². The summed E-state index contributed by atoms with van der Waals surface area (Å²) in [5.41, 5.74) is 1.56. The second-order valence-corrected chi connectivity index (χ2v) is 3.51. The van der Waals surface area contributed by atoms with Gasteiger partial charge < -0.3 is 10.0 Å². The first-order valence-electron chi connectivity index (χ1n) is 5.14. The first kappa shape index (κ1) is 12.2. The van der Waals surface area contributed by atoms with Crippen LogP contribution in [0.2, 0.25) is 0 Å². The van der Waals surface area contributed by atoms with Crippen LogP contribution >= 0.6 is 0 Å². The molecule has 0 saturated carbocycles. The molecule has 0 spiro atoms. The minimum atomic E-state index is -1.01. The van der Waals surface area contributed by atoms with E-state index in [9.17, 15) is 9.59 Å². The number of carboxylic acid groups (broad SMARTS) is 1. The molecule has 0 aliphatic carbocycles. The summed E-state index contributed by atoms with van der Waals surface area (Å²) >= 11 is 0. The van der Waals surface area contributed by atoms with Gasteiger partial charge in [-0.05, 0) is 18.6 Å². The van der Waals surface area contributed by atoms with Crippen molar-refractivity contribution in [2.75, 3.05) is 11.4 Å². The highest BCUT2D eigenvalue weighted by atomic mass is 16.4. The molecule has 1 amide bonds. The molecule has 4 heteroatoms. The lowest BCUT2D eigenvalue weighted by Crippen LogP contribution is -2.35. The van der Waals surface area contributed by atoms with E-state index in [2.05, 4.69) is 0 Å². The minimum Gasteiger partial charge on any atom is -0.480 e. The molecule has 1 aromatic carbocycles. The van der Waals surface area contributed by atoms with Crippen LogP contribution in [0.3, 0.4) is 0 Å². The molecule has 0 aliphatic rings. The summed E-state index contributed by atoms with van der Waals surface area (Å²) < 4.78 is 0. The van der Waals surface area contributed by atoms with Gasteiger partial charge in [-0.3, -0.25) is 9.59 Å². The van der Waals surface area contributed by atoms with Gasteiger partial charge >= 0.3 is 5.97 Å². The number of hydrogen-bond acceptors (Lipinski definition) is 2. The molecule has 16 heavy (non-hydrogen) atoms. The SMILES string of the molecule is CCC(=O)N(CC(=O)O)c1ccccc1C. The zero-order valence-electron chi connectivity index (χ0n) is 9.43. The van der Waals surface area contributed by atoms with Crippen molar-refractivity contribution >= 4 is 17.6 Å². The number of carbonyl (C=O) groups excluding carboxylic acids is 1.